The van der Waals surface area contributed by atoms with Crippen molar-refractivity contribution in [2.75, 3.05) is 14.2 Å². The predicted molar refractivity (Wildman–Crippen MR) is 97.3 cm³/mol. The van der Waals surface area contributed by atoms with Gasteiger partial charge in [0.1, 0.15) is 11.4 Å². The van der Waals surface area contributed by atoms with E-state index in [0.29, 0.717) is 12.2 Å². The molecule has 0 bridgehead atoms. The molecule has 124 valence electrons. The van der Waals surface area contributed by atoms with Gasteiger partial charge in [-0.05, 0) is 52.8 Å². The third-order valence-electron chi connectivity index (χ3n) is 3.70. The molecule has 0 radical (unpaired) electrons. The zero-order valence-electron chi connectivity index (χ0n) is 13.6. The van der Waals surface area contributed by atoms with Crippen molar-refractivity contribution in [1.82, 2.24) is 14.3 Å². The van der Waals surface area contributed by atoms with Crippen LogP contribution in [-0.4, -0.2) is 28.4 Å². The summed E-state index contributed by atoms with van der Waals surface area (Å²) >= 11 is 3.37. The minimum absolute atomic E-state index is 0.0777. The van der Waals surface area contributed by atoms with Crippen molar-refractivity contribution in [3.05, 3.63) is 74.7 Å². The number of aromatic nitrogens is 2. The largest absolute Gasteiger partial charge is 0.497 e. The molecule has 0 spiro atoms. The van der Waals surface area contributed by atoms with Crippen molar-refractivity contribution < 1.29 is 4.74 Å². The maximum Gasteiger partial charge on any atom is 0.258 e. The highest BCUT2D eigenvalue weighted by Gasteiger charge is 2.07. The van der Waals surface area contributed by atoms with Crippen LogP contribution in [0.1, 0.15) is 11.3 Å². The second kappa shape index (κ2) is 7.15. The molecule has 0 aliphatic carbocycles. The number of methoxy groups -OCH3 is 1. The third kappa shape index (κ3) is 3.83. The lowest BCUT2D eigenvalue weighted by atomic mass is 10.2. The summed E-state index contributed by atoms with van der Waals surface area (Å²) in [7, 11) is 3.66. The summed E-state index contributed by atoms with van der Waals surface area (Å²) in [4.78, 5) is 18.9. The molecule has 0 atom stereocenters. The summed E-state index contributed by atoms with van der Waals surface area (Å²) in [6.45, 7) is 1.34. The quantitative estimate of drug-likeness (QED) is 0.674. The molecule has 3 rings (SSSR count). The number of pyridine rings is 1. The van der Waals surface area contributed by atoms with Gasteiger partial charge in [-0.2, -0.15) is 0 Å². The average molecular weight is 388 g/mol. The normalized spacial score (nSPS) is 11.2. The van der Waals surface area contributed by atoms with Crippen LogP contribution in [0.3, 0.4) is 0 Å². The van der Waals surface area contributed by atoms with Gasteiger partial charge in [0.2, 0.25) is 0 Å². The molecule has 5 nitrogen and oxygen atoms in total. The first-order valence-electron chi connectivity index (χ1n) is 7.54. The Morgan fingerprint density at radius 3 is 2.83 bits per heavy atom. The molecule has 3 aromatic rings. The number of nitrogens with zero attached hydrogens (tertiary/aromatic N) is 3. The molecular formula is C18H18BrN3O2. The fourth-order valence-electron chi connectivity index (χ4n) is 2.62. The first-order valence-corrected chi connectivity index (χ1v) is 8.34. The van der Waals surface area contributed by atoms with E-state index in [1.54, 1.807) is 19.4 Å². The smallest absolute Gasteiger partial charge is 0.258 e. The zero-order chi connectivity index (χ0) is 17.1. The van der Waals surface area contributed by atoms with Crippen LogP contribution in [0.15, 0.2) is 57.9 Å². The lowest BCUT2D eigenvalue weighted by Gasteiger charge is -2.17. The van der Waals surface area contributed by atoms with Crippen LogP contribution in [0.2, 0.25) is 0 Å². The highest BCUT2D eigenvalue weighted by atomic mass is 79.9. The maximum absolute atomic E-state index is 12.2. The fourth-order valence-corrected chi connectivity index (χ4v) is 2.96. The summed E-state index contributed by atoms with van der Waals surface area (Å²) in [5.74, 6) is 0.841. The third-order valence-corrected chi connectivity index (χ3v) is 4.16. The van der Waals surface area contributed by atoms with Crippen LogP contribution in [0.25, 0.3) is 5.65 Å². The topological polar surface area (TPSA) is 46.8 Å². The molecule has 6 heteroatoms. The zero-order valence-corrected chi connectivity index (χ0v) is 15.2. The molecule has 0 saturated carbocycles. The van der Waals surface area contributed by atoms with Crippen molar-refractivity contribution in [2.45, 2.75) is 13.1 Å². The van der Waals surface area contributed by atoms with E-state index in [2.05, 4.69) is 31.9 Å². The van der Waals surface area contributed by atoms with E-state index in [4.69, 9.17) is 4.74 Å². The van der Waals surface area contributed by atoms with Gasteiger partial charge in [-0.15, -0.1) is 0 Å². The van der Waals surface area contributed by atoms with E-state index < -0.39 is 0 Å². The maximum atomic E-state index is 12.2. The number of hydrogen-bond donors (Lipinski definition) is 0. The van der Waals surface area contributed by atoms with Gasteiger partial charge in [-0.1, -0.05) is 12.1 Å². The van der Waals surface area contributed by atoms with Crippen LogP contribution in [0, 0.1) is 0 Å². The fraction of sp³-hybridized carbons (Fsp3) is 0.222. The number of rotatable bonds is 5. The van der Waals surface area contributed by atoms with E-state index in [0.717, 1.165) is 28.0 Å². The van der Waals surface area contributed by atoms with E-state index in [-0.39, 0.29) is 5.56 Å². The number of benzene rings is 1. The standard InChI is InChI=1S/C18H18BrN3O2/c1-21(10-13-4-3-5-16(8-13)24-2)12-15-9-18(23)22-11-14(19)6-7-17(22)20-15/h3-9,11H,10,12H2,1-2H3. The molecule has 2 aromatic heterocycles. The van der Waals surface area contributed by atoms with Crippen molar-refractivity contribution in [1.29, 1.82) is 0 Å². The molecule has 0 saturated heterocycles. The van der Waals surface area contributed by atoms with Gasteiger partial charge in [0.15, 0.2) is 0 Å². The number of hydrogen-bond acceptors (Lipinski definition) is 4. The molecule has 0 aliphatic rings. The first-order chi connectivity index (χ1) is 11.5. The molecule has 0 unspecified atom stereocenters. The monoisotopic (exact) mass is 387 g/mol. The molecule has 0 fully saturated rings. The minimum atomic E-state index is -0.0777. The molecule has 0 aliphatic heterocycles. The highest BCUT2D eigenvalue weighted by molar-refractivity contribution is 9.10. The second-order valence-electron chi connectivity index (χ2n) is 5.69. The lowest BCUT2D eigenvalue weighted by molar-refractivity contribution is 0.314. The van der Waals surface area contributed by atoms with Crippen LogP contribution < -0.4 is 10.3 Å². The summed E-state index contributed by atoms with van der Waals surface area (Å²) in [5.41, 5.74) is 2.48. The number of halogens is 1. The molecular weight excluding hydrogens is 370 g/mol. The molecule has 0 N–H and O–H groups in total. The van der Waals surface area contributed by atoms with E-state index in [1.165, 1.54) is 4.40 Å². The molecule has 1 aromatic carbocycles. The van der Waals surface area contributed by atoms with Gasteiger partial charge < -0.3 is 4.74 Å². The van der Waals surface area contributed by atoms with Crippen molar-refractivity contribution in [2.24, 2.45) is 0 Å². The Kier molecular flexibility index (Phi) is 4.97. The van der Waals surface area contributed by atoms with Gasteiger partial charge in [0.25, 0.3) is 5.56 Å². The molecule has 24 heavy (non-hydrogen) atoms. The van der Waals surface area contributed by atoms with E-state index in [1.807, 2.05) is 37.4 Å². The van der Waals surface area contributed by atoms with Crippen LogP contribution in [-0.2, 0) is 13.1 Å². The number of fused-ring (bicyclic) bond motifs is 1. The first kappa shape index (κ1) is 16.7. The Balaban J connectivity index is 1.78. The van der Waals surface area contributed by atoms with Gasteiger partial charge in [-0.3, -0.25) is 14.1 Å². The van der Waals surface area contributed by atoms with Crippen molar-refractivity contribution in [3.8, 4) is 5.75 Å². The van der Waals surface area contributed by atoms with Gasteiger partial charge in [-0.25, -0.2) is 4.98 Å². The minimum Gasteiger partial charge on any atom is -0.497 e. The van der Waals surface area contributed by atoms with Gasteiger partial charge in [0, 0.05) is 29.8 Å². The Bertz CT molecular complexity index is 924. The number of ether oxygens (including phenoxy) is 1. The van der Waals surface area contributed by atoms with E-state index in [9.17, 15) is 4.79 Å². The second-order valence-corrected chi connectivity index (χ2v) is 6.60. The lowest BCUT2D eigenvalue weighted by Crippen LogP contribution is -2.21. The predicted octanol–water partition coefficient (Wildman–Crippen LogP) is 3.10. The SMILES string of the molecule is COc1cccc(CN(C)Cc2cc(=O)n3cc(Br)ccc3n2)c1. The molecule has 0 amide bonds. The Morgan fingerprint density at radius 1 is 1.21 bits per heavy atom. The summed E-state index contributed by atoms with van der Waals surface area (Å²) in [6, 6.07) is 13.3. The van der Waals surface area contributed by atoms with E-state index >= 15 is 0 Å². The Morgan fingerprint density at radius 2 is 2.04 bits per heavy atom. The van der Waals surface area contributed by atoms with Crippen molar-refractivity contribution in [3.63, 3.8) is 0 Å². The summed E-state index contributed by atoms with van der Waals surface area (Å²) in [5, 5.41) is 0. The summed E-state index contributed by atoms with van der Waals surface area (Å²) < 4.78 is 7.64. The Hall–Kier alpha value is -2.18. The van der Waals surface area contributed by atoms with Crippen LogP contribution in [0.4, 0.5) is 0 Å². The van der Waals surface area contributed by atoms with Crippen LogP contribution in [0.5, 0.6) is 5.75 Å². The van der Waals surface area contributed by atoms with Gasteiger partial charge >= 0.3 is 0 Å². The highest BCUT2D eigenvalue weighted by Crippen LogP contribution is 2.15. The van der Waals surface area contributed by atoms with Crippen LogP contribution >= 0.6 is 15.9 Å². The Labute approximate surface area is 148 Å². The van der Waals surface area contributed by atoms with Gasteiger partial charge in [0.05, 0.1) is 12.8 Å². The average Bonchev–Trinajstić information content (AvgIpc) is 2.55. The molecule has 2 heterocycles. The summed E-state index contributed by atoms with van der Waals surface area (Å²) in [6.07, 6.45) is 1.73. The van der Waals surface area contributed by atoms with Crippen molar-refractivity contribution >= 4 is 21.6 Å².